The molecule has 1 heterocycles. The highest BCUT2D eigenvalue weighted by atomic mass is 19.1. The van der Waals surface area contributed by atoms with Crippen LogP contribution in [0.5, 0.6) is 5.75 Å². The quantitative estimate of drug-likeness (QED) is 0.461. The van der Waals surface area contributed by atoms with Crippen molar-refractivity contribution < 1.29 is 13.5 Å². The van der Waals surface area contributed by atoms with E-state index < -0.39 is 0 Å². The summed E-state index contributed by atoms with van der Waals surface area (Å²) in [5.41, 5.74) is 2.57. The molecule has 142 valence electrons. The van der Waals surface area contributed by atoms with Crippen LogP contribution in [0.15, 0.2) is 66.7 Å². The number of hydrogen-bond acceptors (Lipinski definition) is 3. The van der Waals surface area contributed by atoms with Gasteiger partial charge in [0.15, 0.2) is 0 Å². The van der Waals surface area contributed by atoms with Crippen molar-refractivity contribution in [2.45, 2.75) is 6.61 Å². The van der Waals surface area contributed by atoms with Crippen LogP contribution in [0.4, 0.5) is 8.78 Å². The summed E-state index contributed by atoms with van der Waals surface area (Å²) in [6.45, 7) is 0.0973. The summed E-state index contributed by atoms with van der Waals surface area (Å²) in [6.07, 6.45) is 1.66. The Kier molecular flexibility index (Phi) is 5.04. The summed E-state index contributed by atoms with van der Waals surface area (Å²) >= 11 is 0. The first kappa shape index (κ1) is 18.4. The minimum Gasteiger partial charge on any atom is -0.489 e. The first-order valence-corrected chi connectivity index (χ1v) is 8.86. The largest absolute Gasteiger partial charge is 0.489 e. The Hall–Kier alpha value is -3.98. The van der Waals surface area contributed by atoms with Gasteiger partial charge in [-0.15, -0.1) is 0 Å². The summed E-state index contributed by atoms with van der Waals surface area (Å²) in [4.78, 5) is 7.30. The third-order valence-electron chi connectivity index (χ3n) is 4.34. The molecule has 4 rings (SSSR count). The van der Waals surface area contributed by atoms with Crippen molar-refractivity contribution in [1.82, 2.24) is 9.97 Å². The molecule has 3 aromatic carbocycles. The highest BCUT2D eigenvalue weighted by molar-refractivity contribution is 5.90. The van der Waals surface area contributed by atoms with Gasteiger partial charge in [-0.1, -0.05) is 30.3 Å². The molecule has 1 aromatic heterocycles. The number of allylic oxidation sites excluding steroid dienone is 1. The Morgan fingerprint density at radius 2 is 1.93 bits per heavy atom. The Morgan fingerprint density at radius 3 is 2.76 bits per heavy atom. The van der Waals surface area contributed by atoms with Crippen LogP contribution in [0.25, 0.3) is 22.7 Å². The van der Waals surface area contributed by atoms with E-state index in [1.165, 1.54) is 18.2 Å². The van der Waals surface area contributed by atoms with Crippen LogP contribution in [0.1, 0.15) is 17.0 Å². The zero-order chi connectivity index (χ0) is 20.2. The number of fused-ring (bicyclic) bond motifs is 1. The topological polar surface area (TPSA) is 61.7 Å². The van der Waals surface area contributed by atoms with Gasteiger partial charge >= 0.3 is 0 Å². The fourth-order valence-corrected chi connectivity index (χ4v) is 2.90. The highest BCUT2D eigenvalue weighted by Crippen LogP contribution is 2.22. The first-order chi connectivity index (χ1) is 14.1. The molecule has 4 nitrogen and oxygen atoms in total. The SMILES string of the molecule is N#C/C(=C/c1cccc(OCc2ccccc2F)c1)c1nc2ccc(F)cc2[nH]1. The van der Waals surface area contributed by atoms with Crippen molar-refractivity contribution in [2.75, 3.05) is 0 Å². The summed E-state index contributed by atoms with van der Waals surface area (Å²) in [5.74, 6) is 0.197. The van der Waals surface area contributed by atoms with Crippen molar-refractivity contribution in [1.29, 1.82) is 5.26 Å². The second-order valence-electron chi connectivity index (χ2n) is 6.37. The van der Waals surface area contributed by atoms with Crippen LogP contribution in [0.2, 0.25) is 0 Å². The normalized spacial score (nSPS) is 11.4. The molecule has 6 heteroatoms. The molecule has 4 aromatic rings. The number of nitrogens with zero attached hydrogens (tertiary/aromatic N) is 2. The number of nitriles is 1. The maximum absolute atomic E-state index is 13.7. The molecule has 0 radical (unpaired) electrons. The van der Waals surface area contributed by atoms with E-state index in [4.69, 9.17) is 4.74 Å². The zero-order valence-electron chi connectivity index (χ0n) is 15.2. The van der Waals surface area contributed by atoms with Crippen LogP contribution in [0, 0.1) is 23.0 Å². The maximum atomic E-state index is 13.7. The second kappa shape index (κ2) is 7.95. The summed E-state index contributed by atoms with van der Waals surface area (Å²) in [6, 6.07) is 19.8. The standard InChI is InChI=1S/C23H15F2N3O/c24-18-8-9-21-22(12-18)28-23(27-21)17(13-26)10-15-4-3-6-19(11-15)29-14-16-5-1-2-7-20(16)25/h1-12H,14H2,(H,27,28)/b17-10-. The Bertz CT molecular complexity index is 1250. The molecule has 0 aliphatic heterocycles. The minimum atomic E-state index is -0.380. The number of rotatable bonds is 5. The van der Waals surface area contributed by atoms with E-state index in [9.17, 15) is 14.0 Å². The van der Waals surface area contributed by atoms with Crippen molar-refractivity contribution >= 4 is 22.7 Å². The molecule has 0 amide bonds. The van der Waals surface area contributed by atoms with E-state index in [-0.39, 0.29) is 18.2 Å². The van der Waals surface area contributed by atoms with Gasteiger partial charge in [-0.3, -0.25) is 0 Å². The van der Waals surface area contributed by atoms with Gasteiger partial charge in [0.25, 0.3) is 0 Å². The number of halogens is 2. The van der Waals surface area contributed by atoms with Gasteiger partial charge < -0.3 is 9.72 Å². The number of hydrogen-bond donors (Lipinski definition) is 1. The molecule has 0 spiro atoms. The lowest BCUT2D eigenvalue weighted by molar-refractivity contribution is 0.300. The predicted octanol–water partition coefficient (Wildman–Crippen LogP) is 5.48. The van der Waals surface area contributed by atoms with Crippen LogP contribution in [-0.2, 0) is 6.61 Å². The highest BCUT2D eigenvalue weighted by Gasteiger charge is 2.09. The van der Waals surface area contributed by atoms with Gasteiger partial charge in [-0.2, -0.15) is 5.26 Å². The molecule has 0 aliphatic carbocycles. The van der Waals surface area contributed by atoms with Crippen LogP contribution >= 0.6 is 0 Å². The Morgan fingerprint density at radius 1 is 1.07 bits per heavy atom. The molecule has 0 unspecified atom stereocenters. The fourth-order valence-electron chi connectivity index (χ4n) is 2.90. The van der Waals surface area contributed by atoms with E-state index in [0.717, 1.165) is 5.56 Å². The lowest BCUT2D eigenvalue weighted by atomic mass is 10.1. The molecule has 1 N–H and O–H groups in total. The fraction of sp³-hybridized carbons (Fsp3) is 0.0435. The third kappa shape index (κ3) is 4.14. The summed E-state index contributed by atoms with van der Waals surface area (Å²) < 4.78 is 32.8. The number of ether oxygens (including phenoxy) is 1. The van der Waals surface area contributed by atoms with Gasteiger partial charge in [0.1, 0.15) is 35.9 Å². The van der Waals surface area contributed by atoms with Crippen LogP contribution in [-0.4, -0.2) is 9.97 Å². The molecule has 0 aliphatic rings. The summed E-state index contributed by atoms with van der Waals surface area (Å²) in [5, 5.41) is 9.55. The smallest absolute Gasteiger partial charge is 0.149 e. The molecule has 0 fully saturated rings. The molecule has 0 bridgehead atoms. The first-order valence-electron chi connectivity index (χ1n) is 8.86. The van der Waals surface area contributed by atoms with Gasteiger partial charge in [-0.05, 0) is 48.0 Å². The molecule has 0 saturated heterocycles. The Balaban J connectivity index is 1.58. The lowest BCUT2D eigenvalue weighted by Gasteiger charge is -2.08. The summed E-state index contributed by atoms with van der Waals surface area (Å²) in [7, 11) is 0. The van der Waals surface area contributed by atoms with Gasteiger partial charge in [-0.25, -0.2) is 13.8 Å². The van der Waals surface area contributed by atoms with E-state index in [2.05, 4.69) is 16.0 Å². The average Bonchev–Trinajstić information content (AvgIpc) is 3.14. The number of aromatic nitrogens is 2. The minimum absolute atomic E-state index is 0.0973. The van der Waals surface area contributed by atoms with Crippen molar-refractivity contribution in [2.24, 2.45) is 0 Å². The lowest BCUT2D eigenvalue weighted by Crippen LogP contribution is -1.98. The van der Waals surface area contributed by atoms with Gasteiger partial charge in [0.05, 0.1) is 16.6 Å². The monoisotopic (exact) mass is 387 g/mol. The third-order valence-corrected chi connectivity index (χ3v) is 4.34. The van der Waals surface area contributed by atoms with E-state index in [1.54, 1.807) is 48.5 Å². The number of aromatic amines is 1. The number of imidazole rings is 1. The molecule has 0 atom stereocenters. The number of nitrogens with one attached hydrogen (secondary N) is 1. The Labute approximate surface area is 165 Å². The average molecular weight is 387 g/mol. The van der Waals surface area contributed by atoms with Crippen LogP contribution < -0.4 is 4.74 Å². The second-order valence-corrected chi connectivity index (χ2v) is 6.37. The van der Waals surface area contributed by atoms with E-state index >= 15 is 0 Å². The molecular weight excluding hydrogens is 372 g/mol. The molecule has 0 saturated carbocycles. The van der Waals surface area contributed by atoms with Crippen molar-refractivity contribution in [3.05, 3.63) is 95.3 Å². The van der Waals surface area contributed by atoms with Crippen molar-refractivity contribution in [3.63, 3.8) is 0 Å². The maximum Gasteiger partial charge on any atom is 0.149 e. The van der Waals surface area contributed by atoms with Crippen molar-refractivity contribution in [3.8, 4) is 11.8 Å². The van der Waals surface area contributed by atoms with E-state index in [1.807, 2.05) is 6.07 Å². The zero-order valence-corrected chi connectivity index (χ0v) is 15.2. The van der Waals surface area contributed by atoms with E-state index in [0.29, 0.717) is 33.7 Å². The predicted molar refractivity (Wildman–Crippen MR) is 107 cm³/mol. The van der Waals surface area contributed by atoms with Crippen LogP contribution in [0.3, 0.4) is 0 Å². The number of H-pyrrole nitrogens is 1. The van der Waals surface area contributed by atoms with Gasteiger partial charge in [0.2, 0.25) is 0 Å². The molecular formula is C23H15F2N3O. The van der Waals surface area contributed by atoms with Gasteiger partial charge in [0, 0.05) is 5.56 Å². The number of benzene rings is 3. The molecule has 29 heavy (non-hydrogen) atoms.